The molecule has 1 aromatic heterocycles. The maximum atomic E-state index is 12.6. The van der Waals surface area contributed by atoms with Gasteiger partial charge in [-0.25, -0.2) is 4.98 Å². The number of pyridine rings is 1. The predicted octanol–water partition coefficient (Wildman–Crippen LogP) is 1.90. The number of likely N-dealkylation sites (N-methyl/N-ethyl adjacent to an activating group) is 1. The molecule has 2 N–H and O–H groups in total. The minimum atomic E-state index is -0.401. The van der Waals surface area contributed by atoms with Gasteiger partial charge in [-0.3, -0.25) is 9.69 Å². The quantitative estimate of drug-likeness (QED) is 0.836. The van der Waals surface area contributed by atoms with Crippen LogP contribution in [0.4, 0.5) is 5.82 Å². The van der Waals surface area contributed by atoms with Crippen LogP contribution in [0.5, 0.6) is 0 Å². The van der Waals surface area contributed by atoms with E-state index in [0.29, 0.717) is 12.2 Å². The number of aromatic nitrogens is 1. The van der Waals surface area contributed by atoms with Crippen LogP contribution in [0.25, 0.3) is 0 Å². The summed E-state index contributed by atoms with van der Waals surface area (Å²) in [5.41, 5.74) is 6.21. The second kappa shape index (κ2) is 5.96. The van der Waals surface area contributed by atoms with Crippen LogP contribution in [-0.2, 0) is 11.2 Å². The van der Waals surface area contributed by atoms with E-state index in [-0.39, 0.29) is 5.78 Å². The lowest BCUT2D eigenvalue weighted by atomic mass is 9.84. The Bertz CT molecular complexity index is 411. The fourth-order valence-corrected chi connectivity index (χ4v) is 2.46. The van der Waals surface area contributed by atoms with Gasteiger partial charge >= 0.3 is 0 Å². The zero-order chi connectivity index (χ0) is 13.8. The fraction of sp³-hybridized carbons (Fsp3) is 0.571. The fourth-order valence-electron chi connectivity index (χ4n) is 2.46. The van der Waals surface area contributed by atoms with Crippen LogP contribution in [0.15, 0.2) is 18.3 Å². The summed E-state index contributed by atoms with van der Waals surface area (Å²) in [6.45, 7) is 4.10. The summed E-state index contributed by atoms with van der Waals surface area (Å²) in [7, 11) is 3.91. The summed E-state index contributed by atoms with van der Waals surface area (Å²) >= 11 is 0. The Morgan fingerprint density at radius 1 is 1.39 bits per heavy atom. The SMILES string of the molecule is CCC(CC)(C(=O)Cc1cccnc1N)N(C)C. The average Bonchev–Trinajstić information content (AvgIpc) is 2.34. The van der Waals surface area contributed by atoms with Crippen LogP contribution in [-0.4, -0.2) is 35.3 Å². The van der Waals surface area contributed by atoms with Crippen molar-refractivity contribution in [2.45, 2.75) is 38.6 Å². The number of carbonyl (C=O) groups excluding carboxylic acids is 1. The first kappa shape index (κ1) is 14.6. The van der Waals surface area contributed by atoms with Gasteiger partial charge < -0.3 is 5.73 Å². The topological polar surface area (TPSA) is 59.2 Å². The highest BCUT2D eigenvalue weighted by atomic mass is 16.1. The number of anilines is 1. The summed E-state index contributed by atoms with van der Waals surface area (Å²) in [4.78, 5) is 18.6. The van der Waals surface area contributed by atoms with Crippen molar-refractivity contribution >= 4 is 11.6 Å². The van der Waals surface area contributed by atoms with Crippen LogP contribution < -0.4 is 5.73 Å². The molecule has 0 saturated carbocycles. The minimum absolute atomic E-state index is 0.206. The molecule has 1 heterocycles. The zero-order valence-electron chi connectivity index (χ0n) is 11.7. The van der Waals surface area contributed by atoms with Crippen molar-refractivity contribution in [1.82, 2.24) is 9.88 Å². The maximum absolute atomic E-state index is 12.6. The Labute approximate surface area is 109 Å². The lowest BCUT2D eigenvalue weighted by Gasteiger charge is -2.37. The second-order valence-electron chi connectivity index (χ2n) is 4.78. The first-order valence-electron chi connectivity index (χ1n) is 6.38. The zero-order valence-corrected chi connectivity index (χ0v) is 11.7. The highest BCUT2D eigenvalue weighted by molar-refractivity contribution is 5.90. The molecule has 0 unspecified atom stereocenters. The van der Waals surface area contributed by atoms with E-state index >= 15 is 0 Å². The molecule has 4 nitrogen and oxygen atoms in total. The lowest BCUT2D eigenvalue weighted by Crippen LogP contribution is -2.51. The summed E-state index contributed by atoms with van der Waals surface area (Å²) < 4.78 is 0. The first-order valence-corrected chi connectivity index (χ1v) is 6.38. The number of carbonyl (C=O) groups is 1. The summed E-state index contributed by atoms with van der Waals surface area (Å²) in [5, 5.41) is 0. The molecule has 0 aliphatic rings. The molecule has 18 heavy (non-hydrogen) atoms. The van der Waals surface area contributed by atoms with Crippen LogP contribution in [0.3, 0.4) is 0 Å². The molecule has 0 aliphatic heterocycles. The van der Waals surface area contributed by atoms with E-state index in [4.69, 9.17) is 5.73 Å². The van der Waals surface area contributed by atoms with E-state index in [1.807, 2.05) is 45.0 Å². The smallest absolute Gasteiger partial charge is 0.157 e. The molecular weight excluding hydrogens is 226 g/mol. The third-order valence-corrected chi connectivity index (χ3v) is 3.82. The molecule has 1 aromatic rings. The summed E-state index contributed by atoms with van der Waals surface area (Å²) in [5.74, 6) is 0.655. The molecule has 0 radical (unpaired) electrons. The second-order valence-corrected chi connectivity index (χ2v) is 4.78. The van der Waals surface area contributed by atoms with E-state index in [9.17, 15) is 4.79 Å². The normalized spacial score (nSPS) is 11.8. The number of nitrogens with zero attached hydrogens (tertiary/aromatic N) is 2. The monoisotopic (exact) mass is 249 g/mol. The van der Waals surface area contributed by atoms with Crippen molar-refractivity contribution in [1.29, 1.82) is 0 Å². The van der Waals surface area contributed by atoms with Crippen molar-refractivity contribution < 1.29 is 4.79 Å². The molecule has 0 fully saturated rings. The lowest BCUT2D eigenvalue weighted by molar-refractivity contribution is -0.129. The average molecular weight is 249 g/mol. The van der Waals surface area contributed by atoms with Crippen molar-refractivity contribution in [3.63, 3.8) is 0 Å². The Hall–Kier alpha value is -1.42. The highest BCUT2D eigenvalue weighted by Crippen LogP contribution is 2.25. The van der Waals surface area contributed by atoms with Gasteiger partial charge in [-0.15, -0.1) is 0 Å². The van der Waals surface area contributed by atoms with Crippen LogP contribution in [0, 0.1) is 0 Å². The van der Waals surface area contributed by atoms with E-state index in [2.05, 4.69) is 4.98 Å². The van der Waals surface area contributed by atoms with Gasteiger partial charge in [0, 0.05) is 18.2 Å². The van der Waals surface area contributed by atoms with Gasteiger partial charge in [0.05, 0.1) is 5.54 Å². The Kier molecular flexibility index (Phi) is 4.84. The van der Waals surface area contributed by atoms with Crippen LogP contribution >= 0.6 is 0 Å². The molecule has 4 heteroatoms. The molecule has 1 rings (SSSR count). The molecule has 0 amide bonds. The van der Waals surface area contributed by atoms with Gasteiger partial charge in [-0.1, -0.05) is 19.9 Å². The van der Waals surface area contributed by atoms with Crippen LogP contribution in [0.1, 0.15) is 32.3 Å². The molecule has 0 aromatic carbocycles. The molecular formula is C14H23N3O. The number of ketones is 1. The highest BCUT2D eigenvalue weighted by Gasteiger charge is 2.36. The van der Waals surface area contributed by atoms with Crippen molar-refractivity contribution in [3.8, 4) is 0 Å². The number of nitrogen functional groups attached to an aromatic ring is 1. The van der Waals surface area contributed by atoms with Gasteiger partial charge in [0.2, 0.25) is 0 Å². The maximum Gasteiger partial charge on any atom is 0.157 e. The number of Topliss-reactive ketones (excluding diaryl/α,β-unsaturated/α-hetero) is 1. The third-order valence-electron chi connectivity index (χ3n) is 3.82. The molecule has 0 saturated heterocycles. The standard InChI is InChI=1S/C14H23N3O/c1-5-14(6-2,17(3)4)12(18)10-11-8-7-9-16-13(11)15/h7-9H,5-6,10H2,1-4H3,(H2,15,16). The van der Waals surface area contributed by atoms with Gasteiger partial charge in [-0.2, -0.15) is 0 Å². The van der Waals surface area contributed by atoms with Crippen molar-refractivity contribution in [2.24, 2.45) is 0 Å². The minimum Gasteiger partial charge on any atom is -0.383 e. The number of nitrogens with two attached hydrogens (primary N) is 1. The molecule has 0 atom stereocenters. The molecule has 100 valence electrons. The molecule has 0 aliphatic carbocycles. The first-order chi connectivity index (χ1) is 8.47. The molecule has 0 spiro atoms. The van der Waals surface area contributed by atoms with Crippen molar-refractivity contribution in [3.05, 3.63) is 23.9 Å². The van der Waals surface area contributed by atoms with Gasteiger partial charge in [0.15, 0.2) is 5.78 Å². The van der Waals surface area contributed by atoms with E-state index in [0.717, 1.165) is 18.4 Å². The van der Waals surface area contributed by atoms with Crippen molar-refractivity contribution in [2.75, 3.05) is 19.8 Å². The number of hydrogen-bond donors (Lipinski definition) is 1. The third kappa shape index (κ3) is 2.70. The number of rotatable bonds is 6. The predicted molar refractivity (Wildman–Crippen MR) is 74.4 cm³/mol. The number of hydrogen-bond acceptors (Lipinski definition) is 4. The summed E-state index contributed by atoms with van der Waals surface area (Å²) in [6.07, 6.45) is 3.59. The van der Waals surface area contributed by atoms with Gasteiger partial charge in [-0.05, 0) is 33.0 Å². The Morgan fingerprint density at radius 3 is 2.44 bits per heavy atom. The van der Waals surface area contributed by atoms with E-state index in [1.54, 1.807) is 6.20 Å². The largest absolute Gasteiger partial charge is 0.383 e. The molecule has 0 bridgehead atoms. The van der Waals surface area contributed by atoms with Gasteiger partial charge in [0.25, 0.3) is 0 Å². The summed E-state index contributed by atoms with van der Waals surface area (Å²) in [6, 6.07) is 3.68. The van der Waals surface area contributed by atoms with Gasteiger partial charge in [0.1, 0.15) is 5.82 Å². The van der Waals surface area contributed by atoms with E-state index in [1.165, 1.54) is 0 Å². The Morgan fingerprint density at radius 2 is 2.00 bits per heavy atom. The van der Waals surface area contributed by atoms with E-state index < -0.39 is 5.54 Å². The Balaban J connectivity index is 2.96. The van der Waals surface area contributed by atoms with Crippen LogP contribution in [0.2, 0.25) is 0 Å².